The lowest BCUT2D eigenvalue weighted by molar-refractivity contribution is 0.329. The topological polar surface area (TPSA) is 291 Å². The van der Waals surface area contributed by atoms with Crippen LogP contribution in [0.1, 0.15) is 12.0 Å². The van der Waals surface area contributed by atoms with Crippen LogP contribution in [0.5, 0.6) is 80.5 Å². The third-order valence-electron chi connectivity index (χ3n) is 12.5. The highest BCUT2D eigenvalue weighted by Crippen LogP contribution is 2.66. The molecule has 68 heavy (non-hydrogen) atoms. The van der Waals surface area contributed by atoms with Gasteiger partial charge in [-0.3, -0.25) is 0 Å². The third kappa shape index (κ3) is 5.91. The predicted molar refractivity (Wildman–Crippen MR) is 260 cm³/mol. The van der Waals surface area contributed by atoms with Gasteiger partial charge in [-0.2, -0.15) is 0 Å². The summed E-state index contributed by atoms with van der Waals surface area (Å²) in [7, 11) is 2.69. The second-order valence-corrected chi connectivity index (χ2v) is 17.2. The fourth-order valence-electron chi connectivity index (χ4n) is 9.17. The maximum absolute atomic E-state index is 12.3. The van der Waals surface area contributed by atoms with E-state index in [2.05, 4.69) is 28.8 Å². The summed E-state index contributed by atoms with van der Waals surface area (Å²) < 4.78 is 2.18. The van der Waals surface area contributed by atoms with Crippen molar-refractivity contribution in [2.45, 2.75) is 16.2 Å². The van der Waals surface area contributed by atoms with E-state index in [4.69, 9.17) is 0 Å². The number of phenols is 14. The van der Waals surface area contributed by atoms with Gasteiger partial charge in [0.15, 0.2) is 23.0 Å². The van der Waals surface area contributed by atoms with E-state index in [-0.39, 0.29) is 38.5 Å². The molecular formula is C49H36B2N2O14S. The van der Waals surface area contributed by atoms with Crippen molar-refractivity contribution in [1.82, 2.24) is 4.57 Å². The van der Waals surface area contributed by atoms with Crippen molar-refractivity contribution in [3.05, 3.63) is 108 Å². The van der Waals surface area contributed by atoms with E-state index in [0.29, 0.717) is 17.5 Å². The van der Waals surface area contributed by atoms with E-state index < -0.39 is 103 Å². The second kappa shape index (κ2) is 15.3. The van der Waals surface area contributed by atoms with Crippen molar-refractivity contribution < 1.29 is 71.5 Å². The molecule has 0 spiro atoms. The number of aromatic nitrogens is 1. The first-order valence-corrected chi connectivity index (χ1v) is 21.5. The molecule has 0 bridgehead atoms. The Morgan fingerprint density at radius 2 is 0.912 bits per heavy atom. The Bertz CT molecular complexity index is 3430. The van der Waals surface area contributed by atoms with Crippen molar-refractivity contribution in [3.63, 3.8) is 0 Å². The monoisotopic (exact) mass is 930 g/mol. The third-order valence-corrected chi connectivity index (χ3v) is 13.7. The van der Waals surface area contributed by atoms with E-state index >= 15 is 0 Å². The molecule has 0 saturated carbocycles. The van der Waals surface area contributed by atoms with Gasteiger partial charge >= 0.3 is 0 Å². The fraction of sp³-hybridized carbons (Fsp3) is 0.0204. The van der Waals surface area contributed by atoms with Crippen LogP contribution in [0.15, 0.2) is 113 Å². The number of allylic oxidation sites excluding steroid dienone is 5. The van der Waals surface area contributed by atoms with Crippen LogP contribution in [0, 0.1) is 0 Å². The maximum Gasteiger partial charge on any atom is 0.208 e. The summed E-state index contributed by atoms with van der Waals surface area (Å²) in [5, 5.41) is 157. The van der Waals surface area contributed by atoms with Crippen molar-refractivity contribution in [3.8, 4) is 108 Å². The molecule has 14 N–H and O–H groups in total. The van der Waals surface area contributed by atoms with Crippen LogP contribution < -0.4 is 15.8 Å². The quantitative estimate of drug-likeness (QED) is 0.0532. The number of anilines is 2. The molecule has 0 amide bonds. The molecule has 19 heteroatoms. The smallest absolute Gasteiger partial charge is 0.208 e. The lowest BCUT2D eigenvalue weighted by atomic mass is 9.82. The number of rotatable bonds is 5. The van der Waals surface area contributed by atoms with Gasteiger partial charge in [0.25, 0.3) is 0 Å². The minimum atomic E-state index is -1.30. The minimum absolute atomic E-state index is 0.00682. The van der Waals surface area contributed by atoms with Crippen LogP contribution in [0.4, 0.5) is 11.4 Å². The van der Waals surface area contributed by atoms with Crippen LogP contribution in [0.25, 0.3) is 55.3 Å². The van der Waals surface area contributed by atoms with Gasteiger partial charge in [-0.1, -0.05) is 78.5 Å². The number of phenolic OH excluding ortho intramolecular Hbond substituents is 14. The van der Waals surface area contributed by atoms with Crippen LogP contribution in [0.3, 0.4) is 0 Å². The summed E-state index contributed by atoms with van der Waals surface area (Å²) in [4.78, 5) is 0.890. The standard InChI is InChI=1S/C49H36B2N2O14S/c50-30-26(27-35(55)42(62)46(66)43(63)36(27)56)39(59)49-33(41(30)61)53(32-31(51)34(54)28(40(60)48(32)68-49)29-37(57)44(64)47(67)45(65)38(29)58)20-9-5-7-18(15-16-20)19-8-6-10-21(17-19)52-24-13-3-1-11-22(24)23-12-2-4-14-25(23)52/h1-4,6-17,54-67H,5,50-51H2. The SMILES string of the molecule is Bc1c(O)c2c(c(O)c1-c1c(O)c(O)c(O)c(O)c1O)Sc1c(O)c(-c3c(O)c(O)c(O)c(O)c3O)c(O)c(B)c1N2C1=CCC=C(c2cccc(-n3c4ccccc4c4ccccc43)c2)C=C1. The molecule has 7 aromatic carbocycles. The van der Waals surface area contributed by atoms with Gasteiger partial charge in [0.1, 0.15) is 44.4 Å². The highest BCUT2D eigenvalue weighted by Gasteiger charge is 2.41. The fourth-order valence-corrected chi connectivity index (χ4v) is 10.4. The molecule has 2 aliphatic rings. The van der Waals surface area contributed by atoms with Gasteiger partial charge in [0.2, 0.25) is 34.5 Å². The van der Waals surface area contributed by atoms with Gasteiger partial charge < -0.3 is 81.0 Å². The lowest BCUT2D eigenvalue weighted by Gasteiger charge is -2.38. The summed E-state index contributed by atoms with van der Waals surface area (Å²) in [6.45, 7) is 0. The highest BCUT2D eigenvalue weighted by atomic mass is 32.2. The van der Waals surface area contributed by atoms with Gasteiger partial charge in [-0.05, 0) is 58.8 Å². The Labute approximate surface area is 389 Å². The van der Waals surface area contributed by atoms with E-state index in [1.54, 1.807) is 12.2 Å². The molecule has 0 saturated heterocycles. The summed E-state index contributed by atoms with van der Waals surface area (Å²) in [6, 6.07) is 24.2. The first-order valence-electron chi connectivity index (χ1n) is 20.7. The molecular weight excluding hydrogens is 894 g/mol. The van der Waals surface area contributed by atoms with Crippen molar-refractivity contribution in [2.24, 2.45) is 0 Å². The Balaban J connectivity index is 1.18. The Morgan fingerprint density at radius 1 is 0.426 bits per heavy atom. The Kier molecular flexibility index (Phi) is 9.68. The summed E-state index contributed by atoms with van der Waals surface area (Å²) in [5.74, 6) is -15.7. The molecule has 0 radical (unpaired) electrons. The molecule has 2 heterocycles. The minimum Gasteiger partial charge on any atom is -0.508 e. The van der Waals surface area contributed by atoms with Crippen LogP contribution in [-0.2, 0) is 0 Å². The number of fused-ring (bicyclic) bond motifs is 5. The number of benzene rings is 7. The van der Waals surface area contributed by atoms with Crippen LogP contribution in [-0.4, -0.2) is 91.8 Å². The average molecular weight is 931 g/mol. The zero-order valence-corrected chi connectivity index (χ0v) is 36.3. The molecule has 1 aliphatic carbocycles. The number of hydrogen-bond donors (Lipinski definition) is 14. The molecule has 8 aromatic rings. The molecule has 10 rings (SSSR count). The normalized spacial score (nSPS) is 13.3. The van der Waals surface area contributed by atoms with Crippen molar-refractivity contribution in [2.75, 3.05) is 4.90 Å². The molecule has 0 unspecified atom stereocenters. The number of aromatic hydroxyl groups is 14. The van der Waals surface area contributed by atoms with Crippen molar-refractivity contribution >= 4 is 77.1 Å². The van der Waals surface area contributed by atoms with Crippen LogP contribution in [0.2, 0.25) is 0 Å². The molecule has 16 nitrogen and oxygen atoms in total. The largest absolute Gasteiger partial charge is 0.508 e. The average Bonchev–Trinajstić information content (AvgIpc) is 3.48. The lowest BCUT2D eigenvalue weighted by Crippen LogP contribution is -2.28. The number of nitrogens with zero attached hydrogens (tertiary/aromatic N) is 2. The Morgan fingerprint density at radius 3 is 1.49 bits per heavy atom. The van der Waals surface area contributed by atoms with Gasteiger partial charge in [-0.25, -0.2) is 0 Å². The zero-order chi connectivity index (χ0) is 48.4. The highest BCUT2D eigenvalue weighted by molar-refractivity contribution is 8.00. The van der Waals surface area contributed by atoms with Crippen molar-refractivity contribution in [1.29, 1.82) is 0 Å². The van der Waals surface area contributed by atoms with Gasteiger partial charge in [0.05, 0.1) is 43.2 Å². The van der Waals surface area contributed by atoms with E-state index in [1.807, 2.05) is 60.7 Å². The van der Waals surface area contributed by atoms with Gasteiger partial charge in [-0.15, -0.1) is 0 Å². The zero-order valence-electron chi connectivity index (χ0n) is 35.5. The molecule has 0 atom stereocenters. The van der Waals surface area contributed by atoms with Crippen LogP contribution >= 0.6 is 11.8 Å². The van der Waals surface area contributed by atoms with E-state index in [1.165, 1.54) is 20.6 Å². The predicted octanol–water partition coefficient (Wildman–Crippen LogP) is 6.04. The first kappa shape index (κ1) is 43.0. The second-order valence-electron chi connectivity index (χ2n) is 16.2. The molecule has 1 aliphatic heterocycles. The number of para-hydroxylation sites is 2. The summed E-state index contributed by atoms with van der Waals surface area (Å²) in [5.41, 5.74) is 1.40. The summed E-state index contributed by atoms with van der Waals surface area (Å²) in [6.07, 6.45) is 7.47. The summed E-state index contributed by atoms with van der Waals surface area (Å²) >= 11 is 0.563. The number of hydrogen-bond acceptors (Lipinski definition) is 16. The molecule has 338 valence electrons. The van der Waals surface area contributed by atoms with E-state index in [9.17, 15) is 71.5 Å². The maximum atomic E-state index is 12.3. The Hall–Kier alpha value is -8.96. The first-order chi connectivity index (χ1) is 32.5. The molecule has 1 aromatic heterocycles. The van der Waals surface area contributed by atoms with E-state index in [0.717, 1.165) is 38.6 Å². The van der Waals surface area contributed by atoms with Gasteiger partial charge in [0, 0.05) is 27.7 Å². The molecule has 0 fully saturated rings.